The van der Waals surface area contributed by atoms with Gasteiger partial charge in [-0.2, -0.15) is 0 Å². The number of aromatic nitrogens is 3. The van der Waals surface area contributed by atoms with E-state index in [1.165, 1.54) is 55.2 Å². The van der Waals surface area contributed by atoms with Crippen LogP contribution in [0, 0.1) is 0 Å². The van der Waals surface area contributed by atoms with E-state index in [4.69, 9.17) is 4.42 Å². The van der Waals surface area contributed by atoms with Crippen LogP contribution in [-0.2, 0) is 12.8 Å². The van der Waals surface area contributed by atoms with Crippen molar-refractivity contribution in [2.75, 3.05) is 0 Å². The predicted octanol–water partition coefficient (Wildman–Crippen LogP) is 12.6. The molecular formula is C48H37N3O. The zero-order valence-electron chi connectivity index (χ0n) is 29.3. The SMILES string of the molecule is CCc1ccc2c(c1)c1cc(CC)ccc1n2-c1ccc(-c2ccccc2-c2ccccc2-c2ccc(-c3nnc(-c4ccccc4)o3)cc2)cc1. The number of aryl methyl sites for hydroxylation is 2. The average molecular weight is 672 g/mol. The van der Waals surface area contributed by atoms with Crippen molar-refractivity contribution >= 4 is 21.8 Å². The summed E-state index contributed by atoms with van der Waals surface area (Å²) in [4.78, 5) is 0. The molecule has 9 aromatic rings. The van der Waals surface area contributed by atoms with E-state index in [-0.39, 0.29) is 0 Å². The van der Waals surface area contributed by atoms with Gasteiger partial charge < -0.3 is 8.98 Å². The molecule has 0 amide bonds. The topological polar surface area (TPSA) is 43.9 Å². The Labute approximate surface area is 303 Å². The predicted molar refractivity (Wildman–Crippen MR) is 215 cm³/mol. The molecule has 4 heteroatoms. The minimum absolute atomic E-state index is 0.504. The van der Waals surface area contributed by atoms with E-state index in [1.54, 1.807) is 0 Å². The monoisotopic (exact) mass is 671 g/mol. The standard InChI is InChI=1S/C48H37N3O/c1-3-32-18-28-45-43(30-32)44-31-33(4-2)19-29-46(44)51(45)38-26-24-35(25-27-38)40-15-9-11-17-42(40)41-16-10-8-14-39(41)34-20-22-37(23-21-34)48-50-49-47(52-48)36-12-6-5-7-13-36/h5-31H,3-4H2,1-2H3. The fourth-order valence-corrected chi connectivity index (χ4v) is 7.39. The van der Waals surface area contributed by atoms with Crippen LogP contribution in [0.5, 0.6) is 0 Å². The number of nitrogens with zero attached hydrogens (tertiary/aromatic N) is 3. The van der Waals surface area contributed by atoms with Crippen molar-refractivity contribution in [3.63, 3.8) is 0 Å². The molecule has 0 radical (unpaired) electrons. The first kappa shape index (κ1) is 31.5. The molecule has 0 aliphatic heterocycles. The van der Waals surface area contributed by atoms with Crippen LogP contribution in [-0.4, -0.2) is 14.8 Å². The summed E-state index contributed by atoms with van der Waals surface area (Å²) in [5, 5.41) is 11.2. The molecule has 0 N–H and O–H groups in total. The molecule has 0 saturated heterocycles. The molecule has 52 heavy (non-hydrogen) atoms. The quantitative estimate of drug-likeness (QED) is 0.161. The Kier molecular flexibility index (Phi) is 8.05. The first-order valence-electron chi connectivity index (χ1n) is 18.0. The number of rotatable bonds is 8. The smallest absolute Gasteiger partial charge is 0.248 e. The van der Waals surface area contributed by atoms with E-state index in [0.717, 1.165) is 40.8 Å². The van der Waals surface area contributed by atoms with Crippen molar-refractivity contribution in [3.8, 4) is 62.0 Å². The molecule has 2 heterocycles. The summed E-state index contributed by atoms with van der Waals surface area (Å²) in [5.41, 5.74) is 15.2. The van der Waals surface area contributed by atoms with Crippen molar-refractivity contribution in [1.29, 1.82) is 0 Å². The highest BCUT2D eigenvalue weighted by Gasteiger charge is 2.16. The Bertz CT molecular complexity index is 2620. The Morgan fingerprint density at radius 1 is 0.423 bits per heavy atom. The minimum atomic E-state index is 0.504. The van der Waals surface area contributed by atoms with E-state index < -0.39 is 0 Å². The number of benzene rings is 7. The second kappa shape index (κ2) is 13.3. The summed E-state index contributed by atoms with van der Waals surface area (Å²) in [7, 11) is 0. The van der Waals surface area contributed by atoms with Crippen molar-refractivity contribution in [1.82, 2.24) is 14.8 Å². The molecule has 0 spiro atoms. The molecule has 0 fully saturated rings. The lowest BCUT2D eigenvalue weighted by Crippen LogP contribution is -1.95. The van der Waals surface area contributed by atoms with Gasteiger partial charge in [-0.15, -0.1) is 10.2 Å². The van der Waals surface area contributed by atoms with Crippen molar-refractivity contribution in [3.05, 3.63) is 175 Å². The first-order valence-corrected chi connectivity index (χ1v) is 18.0. The lowest BCUT2D eigenvalue weighted by Gasteiger charge is -2.15. The van der Waals surface area contributed by atoms with E-state index in [1.807, 2.05) is 30.3 Å². The maximum atomic E-state index is 6.03. The molecule has 250 valence electrons. The summed E-state index contributed by atoms with van der Waals surface area (Å²) in [5.74, 6) is 1.02. The van der Waals surface area contributed by atoms with Gasteiger partial charge in [-0.25, -0.2) is 0 Å². The van der Waals surface area contributed by atoms with Crippen molar-refractivity contribution < 1.29 is 4.42 Å². The highest BCUT2D eigenvalue weighted by Crippen LogP contribution is 2.40. The lowest BCUT2D eigenvalue weighted by molar-refractivity contribution is 0.584. The molecule has 0 aliphatic carbocycles. The Balaban J connectivity index is 1.06. The summed E-state index contributed by atoms with van der Waals surface area (Å²) < 4.78 is 8.44. The molecular weight excluding hydrogens is 635 g/mol. The molecule has 0 atom stereocenters. The van der Waals surface area contributed by atoms with Gasteiger partial charge in [-0.05, 0) is 118 Å². The van der Waals surface area contributed by atoms with Crippen LogP contribution in [0.3, 0.4) is 0 Å². The van der Waals surface area contributed by atoms with Crippen molar-refractivity contribution in [2.24, 2.45) is 0 Å². The zero-order valence-corrected chi connectivity index (χ0v) is 29.3. The molecule has 0 saturated carbocycles. The van der Waals surface area contributed by atoms with Crippen LogP contribution in [0.4, 0.5) is 0 Å². The maximum absolute atomic E-state index is 6.03. The molecule has 0 aliphatic rings. The summed E-state index contributed by atoms with van der Waals surface area (Å²) in [6, 6.07) is 58.5. The zero-order chi connectivity index (χ0) is 35.0. The van der Waals surface area contributed by atoms with E-state index >= 15 is 0 Å². The second-order valence-corrected chi connectivity index (χ2v) is 13.2. The van der Waals surface area contributed by atoms with E-state index in [9.17, 15) is 0 Å². The Hall–Kier alpha value is -6.52. The highest BCUT2D eigenvalue weighted by atomic mass is 16.4. The van der Waals surface area contributed by atoms with E-state index in [2.05, 4.69) is 162 Å². The third-order valence-electron chi connectivity index (χ3n) is 10.2. The third kappa shape index (κ3) is 5.59. The van der Waals surface area contributed by atoms with Gasteiger partial charge in [-0.3, -0.25) is 0 Å². The van der Waals surface area contributed by atoms with Gasteiger partial charge in [0.2, 0.25) is 11.8 Å². The first-order chi connectivity index (χ1) is 25.7. The third-order valence-corrected chi connectivity index (χ3v) is 10.2. The van der Waals surface area contributed by atoms with Gasteiger partial charge in [-0.1, -0.05) is 117 Å². The molecule has 2 aromatic heterocycles. The van der Waals surface area contributed by atoms with Gasteiger partial charge in [0.1, 0.15) is 0 Å². The second-order valence-electron chi connectivity index (χ2n) is 13.2. The minimum Gasteiger partial charge on any atom is -0.416 e. The van der Waals surface area contributed by atoms with Crippen LogP contribution in [0.2, 0.25) is 0 Å². The van der Waals surface area contributed by atoms with E-state index in [0.29, 0.717) is 11.8 Å². The van der Waals surface area contributed by atoms with Crippen LogP contribution < -0.4 is 0 Å². The van der Waals surface area contributed by atoms with Crippen LogP contribution in [0.1, 0.15) is 25.0 Å². The molecule has 4 nitrogen and oxygen atoms in total. The fourth-order valence-electron chi connectivity index (χ4n) is 7.39. The Morgan fingerprint density at radius 3 is 1.35 bits per heavy atom. The maximum Gasteiger partial charge on any atom is 0.248 e. The van der Waals surface area contributed by atoms with Gasteiger partial charge in [0, 0.05) is 27.6 Å². The summed E-state index contributed by atoms with van der Waals surface area (Å²) in [6.07, 6.45) is 2.05. The van der Waals surface area contributed by atoms with Crippen LogP contribution in [0.15, 0.2) is 168 Å². The molecule has 7 aromatic carbocycles. The lowest BCUT2D eigenvalue weighted by atomic mass is 9.89. The largest absolute Gasteiger partial charge is 0.416 e. The molecule has 0 unspecified atom stereocenters. The Morgan fingerprint density at radius 2 is 0.846 bits per heavy atom. The van der Waals surface area contributed by atoms with Gasteiger partial charge in [0.25, 0.3) is 0 Å². The van der Waals surface area contributed by atoms with Crippen LogP contribution >= 0.6 is 0 Å². The summed E-state index contributed by atoms with van der Waals surface area (Å²) in [6.45, 7) is 4.45. The van der Waals surface area contributed by atoms with Crippen LogP contribution in [0.25, 0.3) is 83.8 Å². The number of hydrogen-bond donors (Lipinski definition) is 0. The van der Waals surface area contributed by atoms with Gasteiger partial charge in [0.05, 0.1) is 11.0 Å². The highest BCUT2D eigenvalue weighted by molar-refractivity contribution is 6.09. The van der Waals surface area contributed by atoms with Crippen molar-refractivity contribution in [2.45, 2.75) is 26.7 Å². The molecule has 9 rings (SSSR count). The normalized spacial score (nSPS) is 11.4. The number of fused-ring (bicyclic) bond motifs is 3. The summed E-state index contributed by atoms with van der Waals surface area (Å²) >= 11 is 0. The average Bonchev–Trinajstić information content (AvgIpc) is 3.84. The van der Waals surface area contributed by atoms with Gasteiger partial charge >= 0.3 is 0 Å². The fraction of sp³-hybridized carbons (Fsp3) is 0.0833. The molecule has 0 bridgehead atoms. The number of hydrogen-bond acceptors (Lipinski definition) is 3. The van der Waals surface area contributed by atoms with Gasteiger partial charge in [0.15, 0.2) is 0 Å².